The van der Waals surface area contributed by atoms with Crippen molar-refractivity contribution in [1.82, 2.24) is 15.1 Å². The van der Waals surface area contributed by atoms with Gasteiger partial charge in [0.15, 0.2) is 0 Å². The molecule has 21 heavy (non-hydrogen) atoms. The summed E-state index contributed by atoms with van der Waals surface area (Å²) >= 11 is 7.57. The Labute approximate surface area is 132 Å². The summed E-state index contributed by atoms with van der Waals surface area (Å²) in [7, 11) is 1.70. The van der Waals surface area contributed by atoms with Crippen molar-refractivity contribution in [3.05, 3.63) is 22.5 Å². The van der Waals surface area contributed by atoms with Crippen LogP contribution in [-0.4, -0.2) is 44.8 Å². The lowest BCUT2D eigenvalue weighted by molar-refractivity contribution is -0.141. The van der Waals surface area contributed by atoms with E-state index in [1.807, 2.05) is 6.26 Å². The predicted octanol–water partition coefficient (Wildman–Crippen LogP) is 1.72. The fraction of sp³-hybridized carbons (Fsp3) is 0.462. The number of aromatic nitrogens is 2. The number of nitrogens with one attached hydrogen (secondary N) is 1. The molecule has 0 radical (unpaired) electrons. The first-order valence-electron chi connectivity index (χ1n) is 6.26. The second-order valence-electron chi connectivity index (χ2n) is 4.43. The van der Waals surface area contributed by atoms with Gasteiger partial charge in [0.25, 0.3) is 0 Å². The van der Waals surface area contributed by atoms with Crippen LogP contribution in [0.25, 0.3) is 6.08 Å². The Balaban J connectivity index is 2.71. The molecule has 1 heterocycles. The van der Waals surface area contributed by atoms with E-state index in [0.29, 0.717) is 28.6 Å². The van der Waals surface area contributed by atoms with Gasteiger partial charge in [-0.3, -0.25) is 9.48 Å². The van der Waals surface area contributed by atoms with E-state index in [1.54, 1.807) is 14.0 Å². The first-order valence-corrected chi connectivity index (χ1v) is 8.03. The van der Waals surface area contributed by atoms with Crippen molar-refractivity contribution in [2.24, 2.45) is 7.05 Å². The minimum atomic E-state index is -1.04. The summed E-state index contributed by atoms with van der Waals surface area (Å²) in [4.78, 5) is 22.8. The first kappa shape index (κ1) is 17.6. The van der Waals surface area contributed by atoms with E-state index in [1.165, 1.54) is 28.6 Å². The lowest BCUT2D eigenvalue weighted by Crippen LogP contribution is -2.40. The summed E-state index contributed by atoms with van der Waals surface area (Å²) in [6.45, 7) is 1.78. The molecular formula is C13H18ClN3O3S. The smallest absolute Gasteiger partial charge is 0.326 e. The SMILES string of the molecule is CSCC[C@@H](NC(=O)/C=C/c1c(C)nn(C)c1Cl)C(=O)O. The third kappa shape index (κ3) is 5.09. The van der Waals surface area contributed by atoms with Crippen molar-refractivity contribution in [2.75, 3.05) is 12.0 Å². The Bertz CT molecular complexity index is 557. The van der Waals surface area contributed by atoms with Crippen LogP contribution in [0.3, 0.4) is 0 Å². The van der Waals surface area contributed by atoms with Crippen LogP contribution in [0.2, 0.25) is 5.15 Å². The molecule has 0 aliphatic heterocycles. The Morgan fingerprint density at radius 3 is 2.71 bits per heavy atom. The molecule has 0 aliphatic carbocycles. The van der Waals surface area contributed by atoms with Gasteiger partial charge in [-0.2, -0.15) is 16.9 Å². The molecule has 0 aromatic carbocycles. The maximum atomic E-state index is 11.8. The summed E-state index contributed by atoms with van der Waals surface area (Å²) in [5.41, 5.74) is 1.34. The number of aryl methyl sites for hydroxylation is 2. The summed E-state index contributed by atoms with van der Waals surface area (Å²) < 4.78 is 1.51. The molecule has 0 spiro atoms. The zero-order chi connectivity index (χ0) is 16.0. The lowest BCUT2D eigenvalue weighted by Gasteiger charge is -2.12. The van der Waals surface area contributed by atoms with Gasteiger partial charge in [0, 0.05) is 18.7 Å². The van der Waals surface area contributed by atoms with E-state index in [4.69, 9.17) is 16.7 Å². The maximum Gasteiger partial charge on any atom is 0.326 e. The van der Waals surface area contributed by atoms with E-state index in [-0.39, 0.29) is 0 Å². The largest absolute Gasteiger partial charge is 0.480 e. The number of thioether (sulfide) groups is 1. The molecule has 1 amide bonds. The Morgan fingerprint density at radius 1 is 1.57 bits per heavy atom. The van der Waals surface area contributed by atoms with E-state index in [9.17, 15) is 9.59 Å². The minimum absolute atomic E-state index is 0.378. The van der Waals surface area contributed by atoms with Gasteiger partial charge in [0.05, 0.1) is 5.69 Å². The van der Waals surface area contributed by atoms with Gasteiger partial charge in [-0.25, -0.2) is 4.79 Å². The number of hydrogen-bond acceptors (Lipinski definition) is 4. The van der Waals surface area contributed by atoms with E-state index in [2.05, 4.69) is 10.4 Å². The van der Waals surface area contributed by atoms with E-state index in [0.717, 1.165) is 0 Å². The van der Waals surface area contributed by atoms with Crippen LogP contribution in [0, 0.1) is 6.92 Å². The summed E-state index contributed by atoms with van der Waals surface area (Å²) in [5, 5.41) is 16.0. The van der Waals surface area contributed by atoms with Gasteiger partial charge in [0.2, 0.25) is 5.91 Å². The van der Waals surface area contributed by atoms with Crippen molar-refractivity contribution in [3.8, 4) is 0 Å². The fourth-order valence-corrected chi connectivity index (χ4v) is 2.42. The molecular weight excluding hydrogens is 314 g/mol. The summed E-state index contributed by atoms with van der Waals surface area (Å²) in [6.07, 6.45) is 5.06. The molecule has 0 saturated carbocycles. The minimum Gasteiger partial charge on any atom is -0.480 e. The number of carboxylic acids is 1. The second kappa shape index (κ2) is 8.09. The molecule has 0 fully saturated rings. The molecule has 1 aromatic heterocycles. The number of nitrogens with zero attached hydrogens (tertiary/aromatic N) is 2. The van der Waals surface area contributed by atoms with Crippen LogP contribution < -0.4 is 5.32 Å². The molecule has 6 nitrogen and oxygen atoms in total. The number of aliphatic carboxylic acids is 1. The molecule has 2 N–H and O–H groups in total. The van der Waals surface area contributed by atoms with Crippen molar-refractivity contribution in [2.45, 2.75) is 19.4 Å². The number of amides is 1. The molecule has 1 aromatic rings. The molecule has 0 saturated heterocycles. The topological polar surface area (TPSA) is 84.2 Å². The molecule has 0 aliphatic rings. The van der Waals surface area contributed by atoms with Gasteiger partial charge < -0.3 is 10.4 Å². The van der Waals surface area contributed by atoms with Gasteiger partial charge in [-0.1, -0.05) is 11.6 Å². The Kier molecular flexibility index (Phi) is 6.77. The normalized spacial score (nSPS) is 12.6. The third-order valence-electron chi connectivity index (χ3n) is 2.82. The highest BCUT2D eigenvalue weighted by Crippen LogP contribution is 2.19. The number of carbonyl (C=O) groups excluding carboxylic acids is 1. The van der Waals surface area contributed by atoms with E-state index < -0.39 is 17.9 Å². The van der Waals surface area contributed by atoms with Crippen LogP contribution in [0.15, 0.2) is 6.08 Å². The van der Waals surface area contributed by atoms with Crippen molar-refractivity contribution in [3.63, 3.8) is 0 Å². The molecule has 0 bridgehead atoms. The number of carbonyl (C=O) groups is 2. The lowest BCUT2D eigenvalue weighted by atomic mass is 10.2. The predicted molar refractivity (Wildman–Crippen MR) is 84.6 cm³/mol. The summed E-state index contributed by atoms with van der Waals surface area (Å²) in [5.74, 6) is -0.849. The number of halogens is 1. The number of rotatable bonds is 7. The Hall–Kier alpha value is -1.47. The second-order valence-corrected chi connectivity index (χ2v) is 5.77. The average Bonchev–Trinajstić information content (AvgIpc) is 2.66. The van der Waals surface area contributed by atoms with Crippen LogP contribution in [0.4, 0.5) is 0 Å². The molecule has 116 valence electrons. The van der Waals surface area contributed by atoms with Crippen molar-refractivity contribution in [1.29, 1.82) is 0 Å². The number of hydrogen-bond donors (Lipinski definition) is 2. The van der Waals surface area contributed by atoms with Gasteiger partial charge in [-0.15, -0.1) is 0 Å². The third-order valence-corrected chi connectivity index (χ3v) is 3.91. The van der Waals surface area contributed by atoms with Gasteiger partial charge in [-0.05, 0) is 31.4 Å². The molecule has 1 atom stereocenters. The first-order chi connectivity index (χ1) is 9.86. The van der Waals surface area contributed by atoms with Crippen LogP contribution >= 0.6 is 23.4 Å². The highest BCUT2D eigenvalue weighted by atomic mass is 35.5. The van der Waals surface area contributed by atoms with E-state index >= 15 is 0 Å². The number of carboxylic acid groups (broad SMARTS) is 1. The van der Waals surface area contributed by atoms with Crippen LogP contribution in [-0.2, 0) is 16.6 Å². The highest BCUT2D eigenvalue weighted by molar-refractivity contribution is 7.98. The zero-order valence-corrected chi connectivity index (χ0v) is 13.7. The highest BCUT2D eigenvalue weighted by Gasteiger charge is 2.18. The Morgan fingerprint density at radius 2 is 2.24 bits per heavy atom. The molecule has 8 heteroatoms. The zero-order valence-electron chi connectivity index (χ0n) is 12.1. The van der Waals surface area contributed by atoms with Gasteiger partial charge in [0.1, 0.15) is 11.2 Å². The standard InChI is InChI=1S/C13H18ClN3O3S/c1-8-9(12(14)17(2)16-8)4-5-11(18)15-10(13(19)20)6-7-21-3/h4-5,10H,6-7H2,1-3H3,(H,15,18)(H,19,20)/b5-4+/t10-/m1/s1. The quantitative estimate of drug-likeness (QED) is 0.743. The molecule has 0 unspecified atom stereocenters. The monoisotopic (exact) mass is 331 g/mol. The maximum absolute atomic E-state index is 11.8. The van der Waals surface area contributed by atoms with Gasteiger partial charge >= 0.3 is 5.97 Å². The van der Waals surface area contributed by atoms with Crippen molar-refractivity contribution < 1.29 is 14.7 Å². The summed E-state index contributed by atoms with van der Waals surface area (Å²) in [6, 6.07) is -0.889. The molecule has 1 rings (SSSR count). The van der Waals surface area contributed by atoms with Crippen LogP contribution in [0.1, 0.15) is 17.7 Å². The van der Waals surface area contributed by atoms with Crippen LogP contribution in [0.5, 0.6) is 0 Å². The van der Waals surface area contributed by atoms with Crippen molar-refractivity contribution >= 4 is 41.3 Å². The fourth-order valence-electron chi connectivity index (χ4n) is 1.71. The average molecular weight is 332 g/mol.